The first-order valence-electron chi connectivity index (χ1n) is 5.49. The number of hydrogen-bond acceptors (Lipinski definition) is 3. The van der Waals surface area contributed by atoms with Crippen molar-refractivity contribution in [3.8, 4) is 0 Å². The molecule has 0 radical (unpaired) electrons. The van der Waals surface area contributed by atoms with Gasteiger partial charge in [-0.15, -0.1) is 11.8 Å². The molecule has 3 heteroatoms. The van der Waals surface area contributed by atoms with Crippen molar-refractivity contribution in [2.45, 2.75) is 54.1 Å². The Bertz CT molecular complexity index is 281. The maximum absolute atomic E-state index is 4.91. The Balaban J connectivity index is 2.12. The van der Waals surface area contributed by atoms with E-state index in [0.717, 1.165) is 0 Å². The van der Waals surface area contributed by atoms with Crippen LogP contribution in [0.4, 0.5) is 0 Å². The molecular formula is C11H18S3. The molecule has 0 aromatic heterocycles. The summed E-state index contributed by atoms with van der Waals surface area (Å²) in [6.07, 6.45) is 6.52. The van der Waals surface area contributed by atoms with Crippen molar-refractivity contribution < 1.29 is 0 Å². The zero-order chi connectivity index (χ0) is 10.2. The summed E-state index contributed by atoms with van der Waals surface area (Å²) < 4.78 is 0.478. The average Bonchev–Trinajstić information content (AvgIpc) is 2.22. The molecule has 4 bridgehead atoms. The Kier molecular flexibility index (Phi) is 1.81. The van der Waals surface area contributed by atoms with Crippen LogP contribution in [-0.4, -0.2) is 8.16 Å². The standard InChI is InChI=1S/C11H18S3/c1-3-9-6-10(12)4-8(9,2)5-11(13,7-9)14-10/h12-13H,3-7H2,1-2H3. The Hall–Kier alpha value is 1.05. The molecule has 0 amide bonds. The predicted octanol–water partition coefficient (Wildman–Crippen LogP) is 3.98. The molecule has 2 aliphatic carbocycles. The quantitative estimate of drug-likeness (QED) is 0.660. The maximum atomic E-state index is 4.91. The zero-order valence-electron chi connectivity index (χ0n) is 8.84. The lowest BCUT2D eigenvalue weighted by molar-refractivity contribution is 0.126. The molecule has 2 heterocycles. The highest BCUT2D eigenvalue weighted by Crippen LogP contribution is 2.81. The second kappa shape index (κ2) is 2.48. The van der Waals surface area contributed by atoms with Crippen LogP contribution in [0.15, 0.2) is 0 Å². The molecule has 0 nitrogen and oxygen atoms in total. The largest absolute Gasteiger partial charge is 0.161 e. The molecule has 2 unspecified atom stereocenters. The molecule has 4 aliphatic rings. The molecule has 2 saturated heterocycles. The van der Waals surface area contributed by atoms with Gasteiger partial charge in [-0.2, -0.15) is 25.3 Å². The van der Waals surface area contributed by atoms with Gasteiger partial charge in [-0.1, -0.05) is 13.8 Å². The van der Waals surface area contributed by atoms with Gasteiger partial charge in [-0.05, 0) is 42.9 Å². The van der Waals surface area contributed by atoms with E-state index in [1.807, 2.05) is 11.8 Å². The summed E-state index contributed by atoms with van der Waals surface area (Å²) in [5.41, 5.74) is 1.08. The van der Waals surface area contributed by atoms with Crippen LogP contribution in [0, 0.1) is 10.8 Å². The van der Waals surface area contributed by atoms with Crippen LogP contribution in [0.3, 0.4) is 0 Å². The van der Waals surface area contributed by atoms with Gasteiger partial charge in [0.15, 0.2) is 0 Å². The van der Waals surface area contributed by atoms with Crippen molar-refractivity contribution in [2.75, 3.05) is 0 Å². The second-order valence-corrected chi connectivity index (χ2v) is 9.98. The van der Waals surface area contributed by atoms with Gasteiger partial charge in [0.25, 0.3) is 0 Å². The SMILES string of the molecule is CCC12CC3(S)CC1(C)CC(S)(C2)S3. The Labute approximate surface area is 102 Å². The molecular weight excluding hydrogens is 228 g/mol. The Morgan fingerprint density at radius 3 is 1.93 bits per heavy atom. The van der Waals surface area contributed by atoms with E-state index in [9.17, 15) is 0 Å². The lowest BCUT2D eigenvalue weighted by Crippen LogP contribution is -2.33. The molecule has 4 fully saturated rings. The van der Waals surface area contributed by atoms with E-state index in [1.54, 1.807) is 0 Å². The normalized spacial score (nSPS) is 65.1. The average molecular weight is 246 g/mol. The monoisotopic (exact) mass is 246 g/mol. The highest BCUT2D eigenvalue weighted by molar-refractivity contribution is 8.19. The first-order valence-corrected chi connectivity index (χ1v) is 7.21. The summed E-state index contributed by atoms with van der Waals surface area (Å²) >= 11 is 11.9. The minimum Gasteiger partial charge on any atom is -0.161 e. The van der Waals surface area contributed by atoms with Crippen molar-refractivity contribution in [1.29, 1.82) is 0 Å². The third-order valence-corrected chi connectivity index (χ3v) is 7.42. The van der Waals surface area contributed by atoms with Crippen molar-refractivity contribution in [3.63, 3.8) is 0 Å². The number of hydrogen-bond donors (Lipinski definition) is 2. The van der Waals surface area contributed by atoms with E-state index in [-0.39, 0.29) is 8.16 Å². The molecule has 14 heavy (non-hydrogen) atoms. The number of rotatable bonds is 1. The van der Waals surface area contributed by atoms with Gasteiger partial charge in [0.1, 0.15) is 0 Å². The topological polar surface area (TPSA) is 0 Å². The molecule has 2 atom stereocenters. The van der Waals surface area contributed by atoms with Crippen LogP contribution in [0.25, 0.3) is 0 Å². The first kappa shape index (κ1) is 10.2. The molecule has 0 aromatic rings. The highest BCUT2D eigenvalue weighted by Gasteiger charge is 2.72. The van der Waals surface area contributed by atoms with Gasteiger partial charge in [0, 0.05) is 0 Å². The van der Waals surface area contributed by atoms with E-state index in [1.165, 1.54) is 32.1 Å². The minimum absolute atomic E-state index is 0.239. The summed E-state index contributed by atoms with van der Waals surface area (Å²) in [7, 11) is 0. The maximum Gasteiger partial charge on any atom is 0.0606 e. The van der Waals surface area contributed by atoms with Gasteiger partial charge >= 0.3 is 0 Å². The van der Waals surface area contributed by atoms with Gasteiger partial charge in [0.2, 0.25) is 0 Å². The molecule has 0 N–H and O–H groups in total. The second-order valence-electron chi connectivity index (χ2n) is 5.90. The summed E-state index contributed by atoms with van der Waals surface area (Å²) in [4.78, 5) is 0. The van der Waals surface area contributed by atoms with E-state index >= 15 is 0 Å². The molecule has 0 aromatic carbocycles. The van der Waals surface area contributed by atoms with Gasteiger partial charge < -0.3 is 0 Å². The van der Waals surface area contributed by atoms with E-state index < -0.39 is 0 Å². The summed E-state index contributed by atoms with van der Waals surface area (Å²) in [6, 6.07) is 0. The van der Waals surface area contributed by atoms with Crippen LogP contribution in [-0.2, 0) is 0 Å². The summed E-state index contributed by atoms with van der Waals surface area (Å²) in [6.45, 7) is 4.83. The first-order chi connectivity index (χ1) is 6.35. The molecule has 0 spiro atoms. The van der Waals surface area contributed by atoms with Crippen LogP contribution < -0.4 is 0 Å². The van der Waals surface area contributed by atoms with Gasteiger partial charge in [-0.25, -0.2) is 0 Å². The number of thiol groups is 2. The lowest BCUT2D eigenvalue weighted by Gasteiger charge is -2.42. The van der Waals surface area contributed by atoms with E-state index in [4.69, 9.17) is 25.3 Å². The van der Waals surface area contributed by atoms with Crippen molar-refractivity contribution in [2.24, 2.45) is 10.8 Å². The van der Waals surface area contributed by atoms with E-state index in [0.29, 0.717) is 10.8 Å². The fraction of sp³-hybridized carbons (Fsp3) is 1.00. The molecule has 2 saturated carbocycles. The summed E-state index contributed by atoms with van der Waals surface area (Å²) in [5, 5.41) is 0. The third kappa shape index (κ3) is 1.02. The summed E-state index contributed by atoms with van der Waals surface area (Å²) in [5.74, 6) is 0. The molecule has 80 valence electrons. The predicted molar refractivity (Wildman–Crippen MR) is 70.3 cm³/mol. The highest BCUT2D eigenvalue weighted by atomic mass is 32.2. The zero-order valence-corrected chi connectivity index (χ0v) is 11.4. The van der Waals surface area contributed by atoms with Crippen molar-refractivity contribution in [3.05, 3.63) is 0 Å². The third-order valence-electron chi connectivity index (χ3n) is 4.90. The Morgan fingerprint density at radius 2 is 1.57 bits per heavy atom. The number of thioether (sulfide) groups is 1. The lowest BCUT2D eigenvalue weighted by atomic mass is 9.68. The van der Waals surface area contributed by atoms with Crippen LogP contribution in [0.2, 0.25) is 0 Å². The fourth-order valence-corrected chi connectivity index (χ4v) is 9.26. The molecule has 4 rings (SSSR count). The smallest absolute Gasteiger partial charge is 0.0606 e. The van der Waals surface area contributed by atoms with Crippen molar-refractivity contribution in [1.82, 2.24) is 0 Å². The van der Waals surface area contributed by atoms with Crippen LogP contribution >= 0.6 is 37.0 Å². The van der Waals surface area contributed by atoms with Gasteiger partial charge in [-0.3, -0.25) is 0 Å². The minimum atomic E-state index is 0.239. The Morgan fingerprint density at radius 1 is 1.07 bits per heavy atom. The van der Waals surface area contributed by atoms with Crippen LogP contribution in [0.1, 0.15) is 46.0 Å². The molecule has 2 aliphatic heterocycles. The fourth-order valence-electron chi connectivity index (χ4n) is 4.50. The van der Waals surface area contributed by atoms with Gasteiger partial charge in [0.05, 0.1) is 8.16 Å². The van der Waals surface area contributed by atoms with Crippen molar-refractivity contribution >= 4 is 37.0 Å². The van der Waals surface area contributed by atoms with Crippen LogP contribution in [0.5, 0.6) is 0 Å². The van der Waals surface area contributed by atoms with E-state index in [2.05, 4.69) is 13.8 Å².